The van der Waals surface area contributed by atoms with Crippen LogP contribution in [0.3, 0.4) is 0 Å². The Morgan fingerprint density at radius 1 is 1.12 bits per heavy atom. The first kappa shape index (κ1) is 22.0. The van der Waals surface area contributed by atoms with Crippen LogP contribution in [0.1, 0.15) is 30.7 Å². The monoisotopic (exact) mass is 465 g/mol. The molecule has 3 heterocycles. The highest BCUT2D eigenvalue weighted by molar-refractivity contribution is 5.66. The standard InChI is InChI=1S/C24H25F2N7O/c1-3-4-15-11-21(32-31-15)28-20-13-22(33-7-5-27-6-8-33)30-24(29-20)34-19-12-18(25)16-9-14(2)10-17(16)23(19)26/h3-4,10-13,27H,5-9H2,1-2H3,(H2,28,29,30,31,32)/b4-3+. The van der Waals surface area contributed by atoms with Gasteiger partial charge in [-0.05, 0) is 26.3 Å². The lowest BCUT2D eigenvalue weighted by molar-refractivity contribution is 0.405. The first-order chi connectivity index (χ1) is 16.5. The van der Waals surface area contributed by atoms with Crippen LogP contribution in [0.4, 0.5) is 26.2 Å². The molecule has 8 nitrogen and oxygen atoms in total. The minimum Gasteiger partial charge on any atom is -0.421 e. The minimum atomic E-state index is -0.623. The first-order valence-corrected chi connectivity index (χ1v) is 11.2. The molecule has 34 heavy (non-hydrogen) atoms. The molecule has 0 spiro atoms. The number of nitrogens with one attached hydrogen (secondary N) is 3. The molecule has 1 fully saturated rings. The van der Waals surface area contributed by atoms with E-state index in [0.717, 1.165) is 43.5 Å². The molecule has 0 amide bonds. The number of piperazine rings is 1. The predicted octanol–water partition coefficient (Wildman–Crippen LogP) is 4.42. The van der Waals surface area contributed by atoms with Crippen molar-refractivity contribution in [1.82, 2.24) is 25.5 Å². The van der Waals surface area contributed by atoms with E-state index >= 15 is 4.39 Å². The van der Waals surface area contributed by atoms with Crippen LogP contribution in [0, 0.1) is 11.6 Å². The molecule has 3 N–H and O–H groups in total. The molecule has 1 saturated heterocycles. The SMILES string of the molecule is C/C=C/c1cc(Nc2cc(N3CCNCC3)nc(Oc3cc(F)c4c(c3F)C=C(C)C4)n2)n[nH]1. The highest BCUT2D eigenvalue weighted by atomic mass is 19.1. The van der Waals surface area contributed by atoms with Gasteiger partial charge in [-0.15, -0.1) is 0 Å². The Balaban J connectivity index is 1.49. The molecule has 1 aliphatic heterocycles. The van der Waals surface area contributed by atoms with Gasteiger partial charge in [0.15, 0.2) is 17.4 Å². The Bertz CT molecular complexity index is 1280. The van der Waals surface area contributed by atoms with Crippen molar-refractivity contribution in [3.05, 3.63) is 58.3 Å². The van der Waals surface area contributed by atoms with Crippen LogP contribution >= 0.6 is 0 Å². The van der Waals surface area contributed by atoms with Gasteiger partial charge in [0, 0.05) is 55.5 Å². The molecule has 0 bridgehead atoms. The smallest absolute Gasteiger partial charge is 0.326 e. The molecular weight excluding hydrogens is 440 g/mol. The zero-order valence-electron chi connectivity index (χ0n) is 19.0. The second-order valence-corrected chi connectivity index (χ2v) is 8.30. The fourth-order valence-corrected chi connectivity index (χ4v) is 4.11. The van der Waals surface area contributed by atoms with Gasteiger partial charge in [-0.3, -0.25) is 5.10 Å². The molecule has 2 aromatic heterocycles. The average molecular weight is 466 g/mol. The number of aromatic amines is 1. The number of benzene rings is 1. The summed E-state index contributed by atoms with van der Waals surface area (Å²) in [6, 6.07) is 4.59. The number of rotatable bonds is 6. The molecule has 1 aromatic carbocycles. The van der Waals surface area contributed by atoms with E-state index in [1.165, 1.54) is 0 Å². The molecule has 0 radical (unpaired) electrons. The molecule has 10 heteroatoms. The van der Waals surface area contributed by atoms with Crippen LogP contribution in [-0.2, 0) is 6.42 Å². The number of hydrogen-bond donors (Lipinski definition) is 3. The van der Waals surface area contributed by atoms with Crippen LogP contribution < -0.4 is 20.3 Å². The zero-order chi connectivity index (χ0) is 23.7. The fraction of sp³-hybridized carbons (Fsp3) is 0.292. The number of fused-ring (bicyclic) bond motifs is 1. The van der Waals surface area contributed by atoms with Crippen molar-refractivity contribution in [2.24, 2.45) is 0 Å². The molecule has 1 aliphatic carbocycles. The van der Waals surface area contributed by atoms with Crippen molar-refractivity contribution in [3.63, 3.8) is 0 Å². The van der Waals surface area contributed by atoms with E-state index in [2.05, 4.69) is 35.7 Å². The largest absolute Gasteiger partial charge is 0.421 e. The number of allylic oxidation sites excluding steroid dienone is 2. The third-order valence-electron chi connectivity index (χ3n) is 5.70. The van der Waals surface area contributed by atoms with Crippen molar-refractivity contribution < 1.29 is 13.5 Å². The summed E-state index contributed by atoms with van der Waals surface area (Å²) in [5, 5.41) is 13.6. The van der Waals surface area contributed by atoms with E-state index in [-0.39, 0.29) is 17.3 Å². The number of nitrogens with zero attached hydrogens (tertiary/aromatic N) is 4. The van der Waals surface area contributed by atoms with Gasteiger partial charge in [0.2, 0.25) is 0 Å². The molecule has 0 saturated carbocycles. The summed E-state index contributed by atoms with van der Waals surface area (Å²) in [7, 11) is 0. The molecule has 0 atom stereocenters. The summed E-state index contributed by atoms with van der Waals surface area (Å²) in [4.78, 5) is 11.0. The van der Waals surface area contributed by atoms with Gasteiger partial charge in [-0.25, -0.2) is 8.78 Å². The van der Waals surface area contributed by atoms with Crippen molar-refractivity contribution in [2.75, 3.05) is 36.4 Å². The highest BCUT2D eigenvalue weighted by Gasteiger charge is 2.24. The van der Waals surface area contributed by atoms with Gasteiger partial charge in [0.25, 0.3) is 0 Å². The molecule has 176 valence electrons. The summed E-state index contributed by atoms with van der Waals surface area (Å²) in [5.74, 6) is 0.220. The summed E-state index contributed by atoms with van der Waals surface area (Å²) < 4.78 is 35.5. The van der Waals surface area contributed by atoms with Gasteiger partial charge in [0.05, 0.1) is 5.69 Å². The molecule has 5 rings (SSSR count). The van der Waals surface area contributed by atoms with Gasteiger partial charge in [0.1, 0.15) is 17.5 Å². The van der Waals surface area contributed by atoms with E-state index in [9.17, 15) is 4.39 Å². The molecule has 0 unspecified atom stereocenters. The average Bonchev–Trinajstić information content (AvgIpc) is 3.44. The molecule has 2 aliphatic rings. The summed E-state index contributed by atoms with van der Waals surface area (Å²) in [6.45, 7) is 6.87. The normalized spacial score (nSPS) is 15.5. The number of hydrogen-bond acceptors (Lipinski definition) is 7. The Labute approximate surface area is 195 Å². The minimum absolute atomic E-state index is 0.0836. The summed E-state index contributed by atoms with van der Waals surface area (Å²) >= 11 is 0. The number of H-pyrrole nitrogens is 1. The lowest BCUT2D eigenvalue weighted by Crippen LogP contribution is -2.43. The van der Waals surface area contributed by atoms with E-state index < -0.39 is 11.6 Å². The van der Waals surface area contributed by atoms with Crippen LogP contribution in [0.25, 0.3) is 12.2 Å². The second-order valence-electron chi connectivity index (χ2n) is 8.30. The van der Waals surface area contributed by atoms with Crippen LogP contribution in [0.5, 0.6) is 11.8 Å². The number of halogens is 2. The Morgan fingerprint density at radius 2 is 1.94 bits per heavy atom. The maximum atomic E-state index is 15.1. The van der Waals surface area contributed by atoms with Gasteiger partial charge in [-0.1, -0.05) is 17.7 Å². The van der Waals surface area contributed by atoms with Gasteiger partial charge >= 0.3 is 6.01 Å². The number of ether oxygens (including phenoxy) is 1. The van der Waals surface area contributed by atoms with E-state index in [4.69, 9.17) is 4.74 Å². The molecule has 3 aromatic rings. The third-order valence-corrected chi connectivity index (χ3v) is 5.70. The predicted molar refractivity (Wildman–Crippen MR) is 127 cm³/mol. The maximum absolute atomic E-state index is 15.1. The highest BCUT2D eigenvalue weighted by Crippen LogP contribution is 2.36. The lowest BCUT2D eigenvalue weighted by atomic mass is 10.1. The summed E-state index contributed by atoms with van der Waals surface area (Å²) in [5.41, 5.74) is 2.29. The molecular formula is C24H25F2N7O. The van der Waals surface area contributed by atoms with Crippen molar-refractivity contribution in [3.8, 4) is 11.8 Å². The lowest BCUT2D eigenvalue weighted by Gasteiger charge is -2.28. The zero-order valence-corrected chi connectivity index (χ0v) is 19.0. The second kappa shape index (κ2) is 9.22. The number of anilines is 3. The van der Waals surface area contributed by atoms with Gasteiger partial charge < -0.3 is 20.3 Å². The van der Waals surface area contributed by atoms with E-state index in [1.807, 2.05) is 32.1 Å². The third kappa shape index (κ3) is 4.49. The van der Waals surface area contributed by atoms with Crippen molar-refractivity contribution >= 4 is 29.6 Å². The summed E-state index contributed by atoms with van der Waals surface area (Å²) in [6.07, 6.45) is 5.82. The van der Waals surface area contributed by atoms with Gasteiger partial charge in [-0.2, -0.15) is 15.1 Å². The Morgan fingerprint density at radius 3 is 2.74 bits per heavy atom. The van der Waals surface area contributed by atoms with Crippen LogP contribution in [-0.4, -0.2) is 46.3 Å². The first-order valence-electron chi connectivity index (χ1n) is 11.2. The van der Waals surface area contributed by atoms with Crippen LogP contribution in [0.2, 0.25) is 0 Å². The fourth-order valence-electron chi connectivity index (χ4n) is 4.11. The van der Waals surface area contributed by atoms with E-state index in [1.54, 1.807) is 12.1 Å². The Kier molecular flexibility index (Phi) is 5.97. The van der Waals surface area contributed by atoms with Crippen molar-refractivity contribution in [2.45, 2.75) is 20.3 Å². The van der Waals surface area contributed by atoms with E-state index in [0.29, 0.717) is 29.4 Å². The Hall–Kier alpha value is -3.79. The quantitative estimate of drug-likeness (QED) is 0.497. The van der Waals surface area contributed by atoms with Crippen molar-refractivity contribution in [1.29, 1.82) is 0 Å². The number of aromatic nitrogens is 4. The van der Waals surface area contributed by atoms with Crippen LogP contribution in [0.15, 0.2) is 29.8 Å². The maximum Gasteiger partial charge on any atom is 0.326 e. The topological polar surface area (TPSA) is 91.0 Å².